The molecule has 0 fully saturated rings. The van der Waals surface area contributed by atoms with E-state index in [1.807, 2.05) is 30.3 Å². The summed E-state index contributed by atoms with van der Waals surface area (Å²) < 4.78 is 5.11. The molecule has 0 aliphatic carbocycles. The zero-order valence-electron chi connectivity index (χ0n) is 14.9. The second-order valence-electron chi connectivity index (χ2n) is 5.72. The number of benzene rings is 2. The lowest BCUT2D eigenvalue weighted by atomic mass is 10.1. The zero-order valence-corrected chi connectivity index (χ0v) is 15.7. The standard InChI is InChI=1S/C21H18N2O3S/c1-14-19(18(24)13-10-15-8-11-17(26-2)12-9-15)27-21(22-14)23-20(25)16-6-4-3-5-7-16/h3-13H,1-2H3,(H,22,23,25)/b13-10+. The summed E-state index contributed by atoms with van der Waals surface area (Å²) in [7, 11) is 1.61. The van der Waals surface area contributed by atoms with Crippen molar-refractivity contribution in [3.63, 3.8) is 0 Å². The van der Waals surface area contributed by atoms with Crippen LogP contribution < -0.4 is 10.1 Å². The molecule has 1 heterocycles. The third kappa shape index (κ3) is 4.68. The van der Waals surface area contributed by atoms with Gasteiger partial charge in [0.15, 0.2) is 10.9 Å². The first-order valence-electron chi connectivity index (χ1n) is 8.27. The molecule has 1 amide bonds. The summed E-state index contributed by atoms with van der Waals surface area (Å²) in [4.78, 5) is 29.5. The van der Waals surface area contributed by atoms with Gasteiger partial charge in [-0.05, 0) is 42.8 Å². The van der Waals surface area contributed by atoms with Crippen LogP contribution in [-0.2, 0) is 0 Å². The lowest BCUT2D eigenvalue weighted by Crippen LogP contribution is -2.11. The molecule has 0 spiro atoms. The van der Waals surface area contributed by atoms with E-state index in [1.165, 1.54) is 17.4 Å². The van der Waals surface area contributed by atoms with Gasteiger partial charge in [0.2, 0.25) is 0 Å². The fraction of sp³-hybridized carbons (Fsp3) is 0.0952. The molecule has 0 aliphatic heterocycles. The second kappa shape index (κ2) is 8.42. The summed E-state index contributed by atoms with van der Waals surface area (Å²) in [5.74, 6) is 0.355. The lowest BCUT2D eigenvalue weighted by Gasteiger charge is -2.00. The molecule has 1 aromatic heterocycles. The van der Waals surface area contributed by atoms with Crippen LogP contribution in [0.5, 0.6) is 5.75 Å². The van der Waals surface area contributed by atoms with Crippen molar-refractivity contribution in [3.8, 4) is 5.75 Å². The number of methoxy groups -OCH3 is 1. The molecule has 0 bridgehead atoms. The Hall–Kier alpha value is -3.25. The molecule has 3 rings (SSSR count). The fourth-order valence-electron chi connectivity index (χ4n) is 2.40. The van der Waals surface area contributed by atoms with Gasteiger partial charge in [0.25, 0.3) is 5.91 Å². The number of carbonyl (C=O) groups is 2. The Kier molecular flexibility index (Phi) is 5.78. The Morgan fingerprint density at radius 2 is 1.78 bits per heavy atom. The normalized spacial score (nSPS) is 10.7. The van der Waals surface area contributed by atoms with E-state index in [9.17, 15) is 9.59 Å². The largest absolute Gasteiger partial charge is 0.497 e. The summed E-state index contributed by atoms with van der Waals surface area (Å²) in [5, 5.41) is 3.14. The molecule has 5 nitrogen and oxygen atoms in total. The van der Waals surface area contributed by atoms with E-state index < -0.39 is 0 Å². The van der Waals surface area contributed by atoms with Crippen LogP contribution in [0.4, 0.5) is 5.13 Å². The first-order chi connectivity index (χ1) is 13.1. The highest BCUT2D eigenvalue weighted by atomic mass is 32.1. The van der Waals surface area contributed by atoms with E-state index in [2.05, 4.69) is 10.3 Å². The van der Waals surface area contributed by atoms with Crippen molar-refractivity contribution in [2.24, 2.45) is 0 Å². The van der Waals surface area contributed by atoms with E-state index in [0.29, 0.717) is 21.3 Å². The van der Waals surface area contributed by atoms with Crippen molar-refractivity contribution >= 4 is 34.2 Å². The molecule has 0 saturated heterocycles. The SMILES string of the molecule is COc1ccc(/C=C/C(=O)c2sc(NC(=O)c3ccccc3)nc2C)cc1. The van der Waals surface area contributed by atoms with Crippen LogP contribution in [0.2, 0.25) is 0 Å². The summed E-state index contributed by atoms with van der Waals surface area (Å²) in [6, 6.07) is 16.3. The van der Waals surface area contributed by atoms with Gasteiger partial charge in [0.1, 0.15) is 5.75 Å². The number of ether oxygens (including phenoxy) is 1. The molecular weight excluding hydrogens is 360 g/mol. The van der Waals surface area contributed by atoms with Gasteiger partial charge < -0.3 is 4.74 Å². The number of nitrogens with zero attached hydrogens (tertiary/aromatic N) is 1. The van der Waals surface area contributed by atoms with Gasteiger partial charge in [-0.3, -0.25) is 14.9 Å². The zero-order chi connectivity index (χ0) is 19.2. The van der Waals surface area contributed by atoms with Crippen LogP contribution in [-0.4, -0.2) is 23.8 Å². The Bertz CT molecular complexity index is 976. The first-order valence-corrected chi connectivity index (χ1v) is 9.09. The number of carbonyl (C=O) groups excluding carboxylic acids is 2. The van der Waals surface area contributed by atoms with Crippen molar-refractivity contribution in [3.05, 3.63) is 82.4 Å². The molecule has 0 aliphatic rings. The maximum atomic E-state index is 12.5. The number of anilines is 1. The third-order valence-electron chi connectivity index (χ3n) is 3.82. The smallest absolute Gasteiger partial charge is 0.257 e. The topological polar surface area (TPSA) is 68.3 Å². The number of allylic oxidation sites excluding steroid dienone is 1. The average molecular weight is 378 g/mol. The molecule has 0 unspecified atom stereocenters. The minimum absolute atomic E-state index is 0.152. The van der Waals surface area contributed by atoms with Crippen molar-refractivity contribution in [1.82, 2.24) is 4.98 Å². The van der Waals surface area contributed by atoms with Crippen LogP contribution >= 0.6 is 11.3 Å². The highest BCUT2D eigenvalue weighted by molar-refractivity contribution is 7.18. The Morgan fingerprint density at radius 1 is 1.07 bits per heavy atom. The van der Waals surface area contributed by atoms with Gasteiger partial charge in [-0.25, -0.2) is 4.98 Å². The van der Waals surface area contributed by atoms with Gasteiger partial charge in [-0.2, -0.15) is 0 Å². The van der Waals surface area contributed by atoms with Gasteiger partial charge in [-0.1, -0.05) is 47.7 Å². The predicted octanol–water partition coefficient (Wildman–Crippen LogP) is 4.61. The van der Waals surface area contributed by atoms with Crippen molar-refractivity contribution in [2.75, 3.05) is 12.4 Å². The molecule has 1 N–H and O–H groups in total. The lowest BCUT2D eigenvalue weighted by molar-refractivity contribution is 0.102. The monoisotopic (exact) mass is 378 g/mol. The van der Waals surface area contributed by atoms with E-state index in [0.717, 1.165) is 11.3 Å². The molecular formula is C21H18N2O3S. The van der Waals surface area contributed by atoms with Crippen LogP contribution in [0, 0.1) is 6.92 Å². The summed E-state index contributed by atoms with van der Waals surface area (Å²) in [6.45, 7) is 1.75. The number of thiazole rings is 1. The fourth-order valence-corrected chi connectivity index (χ4v) is 3.28. The maximum Gasteiger partial charge on any atom is 0.257 e. The van der Waals surface area contributed by atoms with E-state index in [-0.39, 0.29) is 11.7 Å². The Morgan fingerprint density at radius 3 is 2.44 bits per heavy atom. The van der Waals surface area contributed by atoms with Gasteiger partial charge in [0, 0.05) is 5.56 Å². The van der Waals surface area contributed by atoms with Crippen molar-refractivity contribution < 1.29 is 14.3 Å². The molecule has 136 valence electrons. The Labute approximate surface area is 161 Å². The molecule has 2 aromatic carbocycles. The first kappa shape index (κ1) is 18.5. The summed E-state index contributed by atoms with van der Waals surface area (Å²) >= 11 is 1.17. The highest BCUT2D eigenvalue weighted by Crippen LogP contribution is 2.24. The summed E-state index contributed by atoms with van der Waals surface area (Å²) in [6.07, 6.45) is 3.24. The van der Waals surface area contributed by atoms with Crippen LogP contribution in [0.1, 0.15) is 31.3 Å². The van der Waals surface area contributed by atoms with Crippen LogP contribution in [0.15, 0.2) is 60.7 Å². The third-order valence-corrected chi connectivity index (χ3v) is 4.91. The summed E-state index contributed by atoms with van der Waals surface area (Å²) in [5.41, 5.74) is 2.02. The number of rotatable bonds is 6. The number of aryl methyl sites for hydroxylation is 1. The van der Waals surface area contributed by atoms with Crippen molar-refractivity contribution in [2.45, 2.75) is 6.92 Å². The van der Waals surface area contributed by atoms with Crippen molar-refractivity contribution in [1.29, 1.82) is 0 Å². The Balaban J connectivity index is 1.70. The van der Waals surface area contributed by atoms with Gasteiger partial charge >= 0.3 is 0 Å². The number of hydrogen-bond donors (Lipinski definition) is 1. The van der Waals surface area contributed by atoms with Crippen LogP contribution in [0.25, 0.3) is 6.08 Å². The quantitative estimate of drug-likeness (QED) is 0.502. The predicted molar refractivity (Wildman–Crippen MR) is 108 cm³/mol. The number of hydrogen-bond acceptors (Lipinski definition) is 5. The minimum Gasteiger partial charge on any atom is -0.497 e. The molecule has 6 heteroatoms. The maximum absolute atomic E-state index is 12.5. The molecule has 27 heavy (non-hydrogen) atoms. The van der Waals surface area contributed by atoms with E-state index >= 15 is 0 Å². The second-order valence-corrected chi connectivity index (χ2v) is 6.72. The molecule has 0 radical (unpaired) electrons. The number of aromatic nitrogens is 1. The average Bonchev–Trinajstić information content (AvgIpc) is 3.07. The minimum atomic E-state index is -0.253. The van der Waals surface area contributed by atoms with Gasteiger partial charge in [-0.15, -0.1) is 0 Å². The molecule has 0 atom stereocenters. The number of nitrogens with one attached hydrogen (secondary N) is 1. The molecule has 0 saturated carbocycles. The van der Waals surface area contributed by atoms with E-state index in [4.69, 9.17) is 4.74 Å². The molecule has 3 aromatic rings. The van der Waals surface area contributed by atoms with E-state index in [1.54, 1.807) is 44.4 Å². The van der Waals surface area contributed by atoms with Crippen LogP contribution in [0.3, 0.4) is 0 Å². The highest BCUT2D eigenvalue weighted by Gasteiger charge is 2.15. The van der Waals surface area contributed by atoms with Gasteiger partial charge in [0.05, 0.1) is 17.7 Å². The number of ketones is 1. The number of amides is 1.